The van der Waals surface area contributed by atoms with Gasteiger partial charge in [-0.15, -0.1) is 0 Å². The molecule has 0 heterocycles. The van der Waals surface area contributed by atoms with Gasteiger partial charge in [0.25, 0.3) is 0 Å². The van der Waals surface area contributed by atoms with Crippen LogP contribution in [0.2, 0.25) is 0 Å². The van der Waals surface area contributed by atoms with Crippen LogP contribution >= 0.6 is 0 Å². The Hall–Kier alpha value is -2.22. The quantitative estimate of drug-likeness (QED) is 0.198. The lowest BCUT2D eigenvalue weighted by atomic mass is 10.3. The summed E-state index contributed by atoms with van der Waals surface area (Å²) in [5.41, 5.74) is 0. The van der Waals surface area contributed by atoms with E-state index in [1.54, 1.807) is 0 Å². The number of hydrogen-bond acceptors (Lipinski definition) is 8. The van der Waals surface area contributed by atoms with Gasteiger partial charge >= 0.3 is 23.9 Å². The first-order chi connectivity index (χ1) is 9.49. The van der Waals surface area contributed by atoms with Gasteiger partial charge in [0.2, 0.25) is 0 Å². The summed E-state index contributed by atoms with van der Waals surface area (Å²) in [6, 6.07) is 0. The van der Waals surface area contributed by atoms with Gasteiger partial charge in [0.15, 0.2) is 0 Å². The second-order valence-corrected chi connectivity index (χ2v) is 3.41. The molecule has 8 heteroatoms. The summed E-state index contributed by atoms with van der Waals surface area (Å²) in [6.45, 7) is -0.350. The van der Waals surface area contributed by atoms with E-state index < -0.39 is 23.9 Å². The highest BCUT2D eigenvalue weighted by molar-refractivity contribution is 5.91. The Bertz CT molecular complexity index is 385. The summed E-state index contributed by atoms with van der Waals surface area (Å²) >= 11 is 0. The second-order valence-electron chi connectivity index (χ2n) is 3.41. The van der Waals surface area contributed by atoms with E-state index >= 15 is 0 Å². The third kappa shape index (κ3) is 9.77. The molecule has 0 atom stereocenters. The molecule has 0 spiro atoms. The molecule has 0 N–H and O–H groups in total. The van der Waals surface area contributed by atoms with E-state index in [0.29, 0.717) is 0 Å². The predicted octanol–water partition coefficient (Wildman–Crippen LogP) is -0.245. The molecule has 0 amide bonds. The van der Waals surface area contributed by atoms with Crippen LogP contribution < -0.4 is 0 Å². The summed E-state index contributed by atoms with van der Waals surface area (Å²) in [5.74, 6) is -2.93. The highest BCUT2D eigenvalue weighted by atomic mass is 16.6. The molecule has 0 aliphatic carbocycles. The van der Waals surface area contributed by atoms with Gasteiger partial charge in [0.05, 0.1) is 13.7 Å². The molecule has 0 aliphatic heterocycles. The highest BCUT2D eigenvalue weighted by Crippen LogP contribution is 1.96. The molecule has 0 aromatic carbocycles. The lowest BCUT2D eigenvalue weighted by Gasteiger charge is -2.03. The third-order valence-corrected chi connectivity index (χ3v) is 1.82. The van der Waals surface area contributed by atoms with Crippen LogP contribution in [-0.4, -0.2) is 51.3 Å². The van der Waals surface area contributed by atoms with E-state index in [2.05, 4.69) is 18.9 Å². The molecule has 0 saturated heterocycles. The zero-order valence-corrected chi connectivity index (χ0v) is 11.2. The van der Waals surface area contributed by atoms with E-state index in [0.717, 1.165) is 12.2 Å². The normalized spacial score (nSPS) is 10.1. The van der Waals surface area contributed by atoms with Crippen LogP contribution in [0.3, 0.4) is 0 Å². The molecule has 0 rings (SSSR count). The lowest BCUT2D eigenvalue weighted by molar-refractivity contribution is -0.162. The van der Waals surface area contributed by atoms with Gasteiger partial charge in [0, 0.05) is 25.7 Å². The number of hydrogen-bond donors (Lipinski definition) is 0. The maximum Gasteiger partial charge on any atom is 0.339 e. The Morgan fingerprint density at radius 3 is 2.20 bits per heavy atom. The van der Waals surface area contributed by atoms with Crippen LogP contribution in [0, 0.1) is 0 Å². The molecule has 0 aliphatic rings. The molecule has 0 bridgehead atoms. The Labute approximate surface area is 115 Å². The molecule has 0 unspecified atom stereocenters. The molecule has 20 heavy (non-hydrogen) atoms. The fourth-order valence-electron chi connectivity index (χ4n) is 0.967. The van der Waals surface area contributed by atoms with Crippen molar-refractivity contribution in [2.24, 2.45) is 0 Å². The molecule has 0 aromatic rings. The SMILES string of the molecule is COCC(=O)OC(=O)CCCOC(=O)/C=C/C(=O)OC. The minimum absolute atomic E-state index is 0.0437. The van der Waals surface area contributed by atoms with Crippen molar-refractivity contribution in [3.8, 4) is 0 Å². The molecule has 0 aromatic heterocycles. The van der Waals surface area contributed by atoms with Crippen LogP contribution in [0.5, 0.6) is 0 Å². The van der Waals surface area contributed by atoms with E-state index in [1.165, 1.54) is 14.2 Å². The monoisotopic (exact) mass is 288 g/mol. The van der Waals surface area contributed by atoms with Crippen LogP contribution in [0.15, 0.2) is 12.2 Å². The Morgan fingerprint density at radius 2 is 1.60 bits per heavy atom. The minimum atomic E-state index is -0.782. The van der Waals surface area contributed by atoms with E-state index in [4.69, 9.17) is 0 Å². The van der Waals surface area contributed by atoms with Crippen molar-refractivity contribution >= 4 is 23.9 Å². The number of carbonyl (C=O) groups is 4. The average molecular weight is 288 g/mol. The Balaban J connectivity index is 3.73. The van der Waals surface area contributed by atoms with Gasteiger partial charge in [-0.3, -0.25) is 4.79 Å². The van der Waals surface area contributed by atoms with Crippen molar-refractivity contribution in [2.75, 3.05) is 27.4 Å². The maximum atomic E-state index is 11.1. The first-order valence-corrected chi connectivity index (χ1v) is 5.64. The molecule has 8 nitrogen and oxygen atoms in total. The molecule has 112 valence electrons. The molecular weight excluding hydrogens is 272 g/mol. The van der Waals surface area contributed by atoms with Crippen molar-refractivity contribution in [2.45, 2.75) is 12.8 Å². The fourth-order valence-corrected chi connectivity index (χ4v) is 0.967. The summed E-state index contributed by atoms with van der Waals surface area (Å²) in [6.07, 6.45) is 1.94. The lowest BCUT2D eigenvalue weighted by Crippen LogP contribution is -2.17. The van der Waals surface area contributed by atoms with E-state index in [-0.39, 0.29) is 26.1 Å². The standard InChI is InChI=1S/C12H16O8/c1-17-8-12(16)20-11(15)4-3-7-19-10(14)6-5-9(13)18-2/h5-6H,3-4,7-8H2,1-2H3/b6-5+. The van der Waals surface area contributed by atoms with Crippen molar-refractivity contribution < 1.29 is 38.1 Å². The van der Waals surface area contributed by atoms with Crippen molar-refractivity contribution in [1.82, 2.24) is 0 Å². The Morgan fingerprint density at radius 1 is 0.950 bits per heavy atom. The van der Waals surface area contributed by atoms with Gasteiger partial charge in [-0.2, -0.15) is 0 Å². The van der Waals surface area contributed by atoms with Crippen molar-refractivity contribution in [1.29, 1.82) is 0 Å². The zero-order valence-electron chi connectivity index (χ0n) is 11.2. The number of ether oxygens (including phenoxy) is 4. The smallest absolute Gasteiger partial charge is 0.339 e. The second kappa shape index (κ2) is 10.7. The fraction of sp³-hybridized carbons (Fsp3) is 0.500. The number of carbonyl (C=O) groups excluding carboxylic acids is 4. The van der Waals surface area contributed by atoms with Gasteiger partial charge in [-0.05, 0) is 6.42 Å². The molecule has 0 fully saturated rings. The number of methoxy groups -OCH3 is 2. The summed E-state index contributed by atoms with van der Waals surface area (Å²) in [7, 11) is 2.47. The largest absolute Gasteiger partial charge is 0.466 e. The van der Waals surface area contributed by atoms with Gasteiger partial charge < -0.3 is 18.9 Å². The number of rotatable bonds is 8. The summed E-state index contributed by atoms with van der Waals surface area (Å²) < 4.78 is 17.8. The van der Waals surface area contributed by atoms with Gasteiger partial charge in [-0.25, -0.2) is 14.4 Å². The Kier molecular flexibility index (Phi) is 9.49. The van der Waals surface area contributed by atoms with Crippen LogP contribution in [0.4, 0.5) is 0 Å². The van der Waals surface area contributed by atoms with Crippen LogP contribution in [0.25, 0.3) is 0 Å². The summed E-state index contributed by atoms with van der Waals surface area (Å²) in [4.78, 5) is 43.7. The highest BCUT2D eigenvalue weighted by Gasteiger charge is 2.10. The first-order valence-electron chi connectivity index (χ1n) is 5.64. The van der Waals surface area contributed by atoms with Crippen LogP contribution in [0.1, 0.15) is 12.8 Å². The third-order valence-electron chi connectivity index (χ3n) is 1.82. The number of esters is 4. The van der Waals surface area contributed by atoms with Crippen molar-refractivity contribution in [3.05, 3.63) is 12.2 Å². The summed E-state index contributed by atoms with van der Waals surface area (Å²) in [5, 5.41) is 0. The zero-order chi connectivity index (χ0) is 15.4. The first kappa shape index (κ1) is 17.8. The average Bonchev–Trinajstić information content (AvgIpc) is 2.41. The van der Waals surface area contributed by atoms with Gasteiger partial charge in [0.1, 0.15) is 6.61 Å². The predicted molar refractivity (Wildman–Crippen MR) is 64.3 cm³/mol. The van der Waals surface area contributed by atoms with Crippen molar-refractivity contribution in [3.63, 3.8) is 0 Å². The maximum absolute atomic E-state index is 11.1. The molecular formula is C12H16O8. The van der Waals surface area contributed by atoms with Gasteiger partial charge in [-0.1, -0.05) is 0 Å². The van der Waals surface area contributed by atoms with Crippen LogP contribution in [-0.2, 0) is 38.1 Å². The molecule has 0 radical (unpaired) electrons. The molecule has 0 saturated carbocycles. The topological polar surface area (TPSA) is 105 Å². The minimum Gasteiger partial charge on any atom is -0.466 e. The van der Waals surface area contributed by atoms with E-state index in [1.807, 2.05) is 0 Å². The van der Waals surface area contributed by atoms with E-state index in [9.17, 15) is 19.2 Å².